The van der Waals surface area contributed by atoms with Crippen LogP contribution in [0.1, 0.15) is 32.3 Å². The Kier molecular flexibility index (Phi) is 3.56. The van der Waals surface area contributed by atoms with Gasteiger partial charge in [0.05, 0.1) is 0 Å². The minimum atomic E-state index is 0.342. The van der Waals surface area contributed by atoms with Gasteiger partial charge in [-0.05, 0) is 30.0 Å². The Labute approximate surface area is 103 Å². The maximum atomic E-state index is 6.07. The van der Waals surface area contributed by atoms with E-state index in [9.17, 15) is 0 Å². The molecule has 1 N–H and O–H groups in total. The summed E-state index contributed by atoms with van der Waals surface area (Å²) in [5, 5.41) is 4.26. The average Bonchev–Trinajstić information content (AvgIpc) is 2.15. The number of hydrogen-bond donors (Lipinski definition) is 1. The Hall–Kier alpha value is -0.530. The summed E-state index contributed by atoms with van der Waals surface area (Å²) in [6.45, 7) is 6.77. The van der Waals surface area contributed by atoms with Gasteiger partial charge >= 0.3 is 0 Å². The zero-order valence-corrected chi connectivity index (χ0v) is 10.8. The van der Waals surface area contributed by atoms with Gasteiger partial charge in [0, 0.05) is 23.5 Å². The highest BCUT2D eigenvalue weighted by Gasteiger charge is 2.38. The first-order valence-corrected chi connectivity index (χ1v) is 6.47. The van der Waals surface area contributed by atoms with Gasteiger partial charge < -0.3 is 5.32 Å². The second-order valence-electron chi connectivity index (χ2n) is 5.33. The van der Waals surface area contributed by atoms with Crippen LogP contribution in [0.4, 0.5) is 0 Å². The third-order valence-corrected chi connectivity index (χ3v) is 3.80. The first-order chi connectivity index (χ1) is 7.62. The predicted molar refractivity (Wildman–Crippen MR) is 70.1 cm³/mol. The average molecular weight is 238 g/mol. The van der Waals surface area contributed by atoms with Crippen molar-refractivity contribution in [2.45, 2.75) is 32.1 Å². The molecule has 1 aliphatic heterocycles. The zero-order chi connectivity index (χ0) is 11.6. The van der Waals surface area contributed by atoms with Crippen LogP contribution < -0.4 is 5.32 Å². The van der Waals surface area contributed by atoms with Gasteiger partial charge in [0.1, 0.15) is 0 Å². The number of nitrogens with one attached hydrogen (secondary N) is 1. The monoisotopic (exact) mass is 237 g/mol. The fourth-order valence-corrected chi connectivity index (χ4v) is 2.53. The SMILES string of the molecule is CC(C)CCC1(c2cccc(Cl)c2)CNC1. The van der Waals surface area contributed by atoms with E-state index in [-0.39, 0.29) is 0 Å². The topological polar surface area (TPSA) is 12.0 Å². The second kappa shape index (κ2) is 4.77. The normalized spacial score (nSPS) is 18.5. The highest BCUT2D eigenvalue weighted by molar-refractivity contribution is 6.30. The lowest BCUT2D eigenvalue weighted by molar-refractivity contribution is 0.241. The maximum absolute atomic E-state index is 6.07. The molecule has 2 rings (SSSR count). The molecule has 0 bridgehead atoms. The van der Waals surface area contributed by atoms with Crippen molar-refractivity contribution in [2.75, 3.05) is 13.1 Å². The Morgan fingerprint density at radius 3 is 2.62 bits per heavy atom. The third kappa shape index (κ3) is 2.41. The van der Waals surface area contributed by atoms with Gasteiger partial charge in [-0.15, -0.1) is 0 Å². The van der Waals surface area contributed by atoms with Crippen LogP contribution in [0.25, 0.3) is 0 Å². The molecule has 1 saturated heterocycles. The lowest BCUT2D eigenvalue weighted by Crippen LogP contribution is -2.56. The molecule has 1 nitrogen and oxygen atoms in total. The van der Waals surface area contributed by atoms with Crippen molar-refractivity contribution < 1.29 is 0 Å². The maximum Gasteiger partial charge on any atom is 0.0408 e. The van der Waals surface area contributed by atoms with Crippen molar-refractivity contribution in [1.82, 2.24) is 5.32 Å². The number of rotatable bonds is 4. The smallest absolute Gasteiger partial charge is 0.0408 e. The van der Waals surface area contributed by atoms with Gasteiger partial charge in [-0.1, -0.05) is 44.0 Å². The number of benzene rings is 1. The minimum Gasteiger partial charge on any atom is -0.315 e. The van der Waals surface area contributed by atoms with Crippen molar-refractivity contribution in [3.8, 4) is 0 Å². The molecule has 0 spiro atoms. The molecular formula is C14H20ClN. The van der Waals surface area contributed by atoms with Gasteiger partial charge in [-0.2, -0.15) is 0 Å². The molecule has 0 amide bonds. The van der Waals surface area contributed by atoms with Crippen LogP contribution in [0.2, 0.25) is 5.02 Å². The molecule has 0 unspecified atom stereocenters. The second-order valence-corrected chi connectivity index (χ2v) is 5.76. The lowest BCUT2D eigenvalue weighted by atomic mass is 9.71. The summed E-state index contributed by atoms with van der Waals surface area (Å²) in [5.74, 6) is 0.775. The molecule has 1 fully saturated rings. The minimum absolute atomic E-state index is 0.342. The van der Waals surface area contributed by atoms with Crippen LogP contribution in [0, 0.1) is 5.92 Å². The molecule has 0 aliphatic carbocycles. The van der Waals surface area contributed by atoms with Gasteiger partial charge in [0.2, 0.25) is 0 Å². The molecule has 0 saturated carbocycles. The lowest BCUT2D eigenvalue weighted by Gasteiger charge is -2.44. The highest BCUT2D eigenvalue weighted by Crippen LogP contribution is 2.35. The van der Waals surface area contributed by atoms with Crippen molar-refractivity contribution in [3.05, 3.63) is 34.9 Å². The van der Waals surface area contributed by atoms with Crippen LogP contribution in [0.5, 0.6) is 0 Å². The number of halogens is 1. The molecule has 1 aliphatic rings. The van der Waals surface area contributed by atoms with E-state index in [1.807, 2.05) is 6.07 Å². The van der Waals surface area contributed by atoms with E-state index >= 15 is 0 Å². The first kappa shape index (κ1) is 11.9. The molecule has 1 aromatic rings. The molecule has 2 heteroatoms. The van der Waals surface area contributed by atoms with E-state index in [0.717, 1.165) is 24.0 Å². The first-order valence-electron chi connectivity index (χ1n) is 6.09. The van der Waals surface area contributed by atoms with Crippen LogP contribution in [0.15, 0.2) is 24.3 Å². The third-order valence-electron chi connectivity index (χ3n) is 3.56. The van der Waals surface area contributed by atoms with Crippen LogP contribution in [0.3, 0.4) is 0 Å². The molecule has 0 atom stereocenters. The number of hydrogen-bond acceptors (Lipinski definition) is 1. The molecule has 0 radical (unpaired) electrons. The Morgan fingerprint density at radius 2 is 2.12 bits per heavy atom. The summed E-state index contributed by atoms with van der Waals surface area (Å²) in [7, 11) is 0. The van der Waals surface area contributed by atoms with Crippen molar-refractivity contribution >= 4 is 11.6 Å². The quantitative estimate of drug-likeness (QED) is 0.844. The fourth-order valence-electron chi connectivity index (χ4n) is 2.34. The summed E-state index contributed by atoms with van der Waals surface area (Å²) in [6, 6.07) is 8.36. The molecule has 1 heterocycles. The van der Waals surface area contributed by atoms with Crippen molar-refractivity contribution in [3.63, 3.8) is 0 Å². The summed E-state index contributed by atoms with van der Waals surface area (Å²) < 4.78 is 0. The standard InChI is InChI=1S/C14H20ClN/c1-11(2)6-7-14(9-16-10-14)12-4-3-5-13(15)8-12/h3-5,8,11,16H,6-7,9-10H2,1-2H3. The van der Waals surface area contributed by atoms with Crippen molar-refractivity contribution in [1.29, 1.82) is 0 Å². The highest BCUT2D eigenvalue weighted by atomic mass is 35.5. The summed E-state index contributed by atoms with van der Waals surface area (Å²) >= 11 is 6.07. The van der Waals surface area contributed by atoms with Gasteiger partial charge in [-0.25, -0.2) is 0 Å². The van der Waals surface area contributed by atoms with Crippen molar-refractivity contribution in [2.24, 2.45) is 5.92 Å². The van der Waals surface area contributed by atoms with E-state index in [2.05, 4.69) is 37.4 Å². The Morgan fingerprint density at radius 1 is 1.38 bits per heavy atom. The summed E-state index contributed by atoms with van der Waals surface area (Å²) in [4.78, 5) is 0. The van der Waals surface area contributed by atoms with E-state index in [0.29, 0.717) is 5.41 Å². The van der Waals surface area contributed by atoms with E-state index in [4.69, 9.17) is 11.6 Å². The van der Waals surface area contributed by atoms with E-state index < -0.39 is 0 Å². The van der Waals surface area contributed by atoms with Crippen LogP contribution in [-0.4, -0.2) is 13.1 Å². The predicted octanol–water partition coefficient (Wildman–Crippen LogP) is 3.62. The Bertz CT molecular complexity index is 356. The van der Waals surface area contributed by atoms with E-state index in [1.165, 1.54) is 18.4 Å². The molecule has 1 aromatic carbocycles. The van der Waals surface area contributed by atoms with Gasteiger partial charge in [-0.3, -0.25) is 0 Å². The summed E-state index contributed by atoms with van der Waals surface area (Å²) in [6.07, 6.45) is 2.55. The van der Waals surface area contributed by atoms with Crippen LogP contribution in [-0.2, 0) is 5.41 Å². The molecule has 16 heavy (non-hydrogen) atoms. The van der Waals surface area contributed by atoms with Crippen LogP contribution >= 0.6 is 11.6 Å². The molecule has 88 valence electrons. The molecular weight excluding hydrogens is 218 g/mol. The molecule has 0 aromatic heterocycles. The largest absolute Gasteiger partial charge is 0.315 e. The van der Waals surface area contributed by atoms with Gasteiger partial charge in [0.25, 0.3) is 0 Å². The van der Waals surface area contributed by atoms with E-state index in [1.54, 1.807) is 0 Å². The fraction of sp³-hybridized carbons (Fsp3) is 0.571. The Balaban J connectivity index is 2.14. The summed E-state index contributed by atoms with van der Waals surface area (Å²) in [5.41, 5.74) is 1.74. The zero-order valence-electron chi connectivity index (χ0n) is 10.1. The van der Waals surface area contributed by atoms with Gasteiger partial charge in [0.15, 0.2) is 0 Å².